The Balaban J connectivity index is 1.69. The molecule has 1 aromatic heterocycles. The van der Waals surface area contributed by atoms with Gasteiger partial charge >= 0.3 is 5.97 Å². The maximum absolute atomic E-state index is 14.3. The molecule has 21 nitrogen and oxygen atoms in total. The number of carbonyl (C=O) groups is 7. The topological polar surface area (TPSA) is 286 Å². The standard InChI is InChI=1S/C39H59N9O12S/c1-25(2)17-30(44-34(51)22-42-38(55)31(18-26(3)4)45-33(50)21-41-35(52)23-48-13-15-58-16-14-48)37(54)39(6,24-59-61(56,57)29-9-7-27(5)8-10-29)60-36(53)12-11-32(49)40-19-28-20-43-47-46-28/h7-10,20,25-26,30-31H,11-19,21-24H2,1-6H3,(H,40,49)(H,41,52)(H,42,55)(H,44,51)(H,45,50)(H,43,46,47)/t30-,31-,39?/m0/s1. The Labute approximate surface area is 355 Å². The van der Waals surface area contributed by atoms with E-state index in [4.69, 9.17) is 13.7 Å². The number of Topliss-reactive ketones (excluding diaryl/α,β-unsaturated/α-hetero) is 1. The fourth-order valence-electron chi connectivity index (χ4n) is 5.97. The van der Waals surface area contributed by atoms with Crippen molar-refractivity contribution in [1.29, 1.82) is 0 Å². The summed E-state index contributed by atoms with van der Waals surface area (Å²) in [6.07, 6.45) is 0.759. The van der Waals surface area contributed by atoms with E-state index >= 15 is 0 Å². The molecule has 0 aliphatic carbocycles. The molecule has 1 unspecified atom stereocenters. The molecular formula is C39H59N9O12S. The molecule has 1 aliphatic rings. The van der Waals surface area contributed by atoms with Gasteiger partial charge in [-0.3, -0.25) is 42.6 Å². The lowest BCUT2D eigenvalue weighted by Gasteiger charge is -2.32. The Morgan fingerprint density at radius 2 is 1.44 bits per heavy atom. The first-order chi connectivity index (χ1) is 28.8. The van der Waals surface area contributed by atoms with Gasteiger partial charge in [0.05, 0.1) is 62.9 Å². The molecule has 22 heteroatoms. The van der Waals surface area contributed by atoms with Gasteiger partial charge in [0.25, 0.3) is 10.1 Å². The largest absolute Gasteiger partial charge is 0.449 e. The predicted molar refractivity (Wildman–Crippen MR) is 217 cm³/mol. The minimum Gasteiger partial charge on any atom is -0.449 e. The van der Waals surface area contributed by atoms with E-state index in [0.29, 0.717) is 32.0 Å². The van der Waals surface area contributed by atoms with E-state index < -0.39 is 82.8 Å². The number of benzene rings is 1. The van der Waals surface area contributed by atoms with Gasteiger partial charge in [0, 0.05) is 19.5 Å². The number of nitrogens with one attached hydrogen (secondary N) is 6. The normalized spacial score (nSPS) is 15.2. The van der Waals surface area contributed by atoms with Crippen molar-refractivity contribution in [2.24, 2.45) is 11.8 Å². The van der Waals surface area contributed by atoms with E-state index in [0.717, 1.165) is 12.5 Å². The second kappa shape index (κ2) is 24.2. The molecule has 0 bridgehead atoms. The van der Waals surface area contributed by atoms with Crippen LogP contribution in [0.3, 0.4) is 0 Å². The molecule has 6 N–H and O–H groups in total. The lowest BCUT2D eigenvalue weighted by molar-refractivity contribution is -0.170. The van der Waals surface area contributed by atoms with Crippen LogP contribution in [0.4, 0.5) is 0 Å². The molecule has 2 aromatic rings. The average Bonchev–Trinajstić information content (AvgIpc) is 3.73. The smallest absolute Gasteiger partial charge is 0.307 e. The first-order valence-corrected chi connectivity index (χ1v) is 21.4. The van der Waals surface area contributed by atoms with Crippen LogP contribution in [0, 0.1) is 18.8 Å². The first kappa shape index (κ1) is 50.0. The van der Waals surface area contributed by atoms with Crippen LogP contribution < -0.4 is 26.6 Å². The van der Waals surface area contributed by atoms with E-state index in [9.17, 15) is 42.0 Å². The summed E-state index contributed by atoms with van der Waals surface area (Å²) in [6.45, 7) is 10.4. The fraction of sp³-hybridized carbons (Fsp3) is 0.615. The summed E-state index contributed by atoms with van der Waals surface area (Å²) in [7, 11) is -4.48. The number of carbonyl (C=O) groups excluding carboxylic acids is 7. The number of aryl methyl sites for hydroxylation is 1. The van der Waals surface area contributed by atoms with Crippen molar-refractivity contribution in [3.8, 4) is 0 Å². The molecule has 61 heavy (non-hydrogen) atoms. The molecule has 338 valence electrons. The fourth-order valence-corrected chi connectivity index (χ4v) is 6.96. The lowest BCUT2D eigenvalue weighted by Crippen LogP contribution is -2.57. The maximum Gasteiger partial charge on any atom is 0.307 e. The van der Waals surface area contributed by atoms with Crippen molar-refractivity contribution in [2.45, 2.75) is 96.4 Å². The van der Waals surface area contributed by atoms with Gasteiger partial charge in [0.15, 0.2) is 5.60 Å². The Morgan fingerprint density at radius 3 is 2.05 bits per heavy atom. The molecule has 1 saturated heterocycles. The minimum atomic E-state index is -4.48. The van der Waals surface area contributed by atoms with E-state index in [1.54, 1.807) is 32.9 Å². The van der Waals surface area contributed by atoms with Gasteiger partial charge in [-0.1, -0.05) is 45.4 Å². The van der Waals surface area contributed by atoms with Crippen LogP contribution in [0.15, 0.2) is 35.4 Å². The van der Waals surface area contributed by atoms with Gasteiger partial charge < -0.3 is 36.1 Å². The number of hydrogen-bond donors (Lipinski definition) is 6. The highest BCUT2D eigenvalue weighted by Crippen LogP contribution is 2.23. The average molecular weight is 878 g/mol. The number of nitrogens with zero attached hydrogens (tertiary/aromatic N) is 3. The zero-order chi connectivity index (χ0) is 45.2. The van der Waals surface area contributed by atoms with Crippen molar-refractivity contribution in [3.63, 3.8) is 0 Å². The van der Waals surface area contributed by atoms with Crippen molar-refractivity contribution in [2.75, 3.05) is 52.5 Å². The number of esters is 1. The molecular weight excluding hydrogens is 819 g/mol. The Bertz CT molecular complexity index is 1900. The zero-order valence-electron chi connectivity index (χ0n) is 35.5. The number of hydrogen-bond acceptors (Lipinski definition) is 15. The highest BCUT2D eigenvalue weighted by molar-refractivity contribution is 7.86. The van der Waals surface area contributed by atoms with E-state index in [1.165, 1.54) is 18.3 Å². The minimum absolute atomic E-state index is 0.00408. The highest BCUT2D eigenvalue weighted by atomic mass is 32.2. The molecule has 3 rings (SSSR count). The summed E-state index contributed by atoms with van der Waals surface area (Å²) >= 11 is 0. The number of ether oxygens (including phenoxy) is 2. The molecule has 1 fully saturated rings. The van der Waals surface area contributed by atoms with E-state index in [-0.39, 0.29) is 61.5 Å². The summed E-state index contributed by atoms with van der Waals surface area (Å²) < 4.78 is 42.5. The number of morpholine rings is 1. The van der Waals surface area contributed by atoms with Gasteiger partial charge in [-0.05, 0) is 50.7 Å². The van der Waals surface area contributed by atoms with Crippen molar-refractivity contribution in [3.05, 3.63) is 41.7 Å². The van der Waals surface area contributed by atoms with Crippen LogP contribution in [0.5, 0.6) is 0 Å². The van der Waals surface area contributed by atoms with Crippen molar-refractivity contribution >= 4 is 51.4 Å². The van der Waals surface area contributed by atoms with Crippen LogP contribution in [0.1, 0.15) is 71.6 Å². The van der Waals surface area contributed by atoms with Gasteiger partial charge in [-0.15, -0.1) is 0 Å². The Morgan fingerprint density at radius 1 is 0.836 bits per heavy atom. The van der Waals surface area contributed by atoms with Gasteiger partial charge in [0.1, 0.15) is 18.3 Å². The summed E-state index contributed by atoms with van der Waals surface area (Å²) in [5, 5.41) is 22.6. The molecule has 0 radical (unpaired) electrons. The number of aromatic nitrogens is 3. The van der Waals surface area contributed by atoms with Gasteiger partial charge in [0.2, 0.25) is 35.3 Å². The van der Waals surface area contributed by atoms with Crippen molar-refractivity contribution < 1.29 is 55.6 Å². The van der Waals surface area contributed by atoms with E-state index in [1.807, 2.05) is 18.7 Å². The first-order valence-electron chi connectivity index (χ1n) is 20.0. The van der Waals surface area contributed by atoms with Crippen molar-refractivity contribution in [1.82, 2.24) is 46.9 Å². The number of ketones is 1. The Hall–Kier alpha value is -5.32. The number of aromatic amines is 1. The molecule has 0 spiro atoms. The van der Waals surface area contributed by atoms with Gasteiger partial charge in [-0.25, -0.2) is 0 Å². The molecule has 3 atom stereocenters. The maximum atomic E-state index is 14.3. The molecule has 5 amide bonds. The number of H-pyrrole nitrogens is 1. The molecule has 1 aromatic carbocycles. The molecule has 2 heterocycles. The molecule has 0 saturated carbocycles. The zero-order valence-corrected chi connectivity index (χ0v) is 36.4. The predicted octanol–water partition coefficient (Wildman–Crippen LogP) is -0.588. The molecule has 1 aliphatic heterocycles. The summed E-state index contributed by atoms with van der Waals surface area (Å²) in [5.74, 6) is -5.25. The van der Waals surface area contributed by atoms with Gasteiger partial charge in [-0.2, -0.15) is 23.8 Å². The third-order valence-corrected chi connectivity index (χ3v) is 10.5. The summed E-state index contributed by atoms with van der Waals surface area (Å²) in [6, 6.07) is 3.29. The second-order valence-corrected chi connectivity index (χ2v) is 17.3. The summed E-state index contributed by atoms with van der Waals surface area (Å²) in [5.41, 5.74) is -1.08. The quantitative estimate of drug-likeness (QED) is 0.0537. The van der Waals surface area contributed by atoms with Crippen LogP contribution >= 0.6 is 0 Å². The van der Waals surface area contributed by atoms with E-state index in [2.05, 4.69) is 42.0 Å². The third kappa shape index (κ3) is 18.1. The second-order valence-electron chi connectivity index (χ2n) is 15.7. The van der Waals surface area contributed by atoms with Crippen LogP contribution in [-0.4, -0.2) is 140 Å². The third-order valence-electron chi connectivity index (χ3n) is 9.21. The van der Waals surface area contributed by atoms with Crippen LogP contribution in [0.2, 0.25) is 0 Å². The lowest BCUT2D eigenvalue weighted by atomic mass is 9.90. The highest BCUT2D eigenvalue weighted by Gasteiger charge is 2.44. The monoisotopic (exact) mass is 877 g/mol. The SMILES string of the molecule is Cc1ccc(S(=O)(=O)OCC(C)(OC(=O)CCC(=O)NCc2cn[nH]n2)C(=O)[C@H](CC(C)C)NC(=O)CNC(=O)[C@H](CC(C)C)NC(=O)CNC(=O)CN2CCOCC2)cc1. The number of amides is 5. The number of rotatable bonds is 25. The van der Waals surface area contributed by atoms with Crippen LogP contribution in [0.25, 0.3) is 0 Å². The van der Waals surface area contributed by atoms with Crippen LogP contribution in [-0.2, 0) is 63.9 Å². The summed E-state index contributed by atoms with van der Waals surface area (Å²) in [4.78, 5) is 93.3. The Kier molecular flexibility index (Phi) is 19.9.